The number of allylic oxidation sites excluding steroid dienone is 1. The van der Waals surface area contributed by atoms with Gasteiger partial charge in [0.25, 0.3) is 0 Å². The Kier molecular flexibility index (Phi) is 3.73. The molecule has 1 aromatic rings. The zero-order chi connectivity index (χ0) is 11.5. The van der Waals surface area contributed by atoms with E-state index >= 15 is 0 Å². The van der Waals surface area contributed by atoms with E-state index in [0.717, 1.165) is 0 Å². The molecule has 0 radical (unpaired) electrons. The fourth-order valence-electron chi connectivity index (χ4n) is 1.55. The van der Waals surface area contributed by atoms with Crippen molar-refractivity contribution in [2.24, 2.45) is 0 Å². The lowest BCUT2D eigenvalue weighted by Gasteiger charge is -2.19. The van der Waals surface area contributed by atoms with Crippen LogP contribution in [0, 0.1) is 0 Å². The molecule has 0 aliphatic rings. The summed E-state index contributed by atoms with van der Waals surface area (Å²) in [5.41, 5.74) is 6.12. The van der Waals surface area contributed by atoms with Crippen molar-refractivity contribution in [1.82, 2.24) is 0 Å². The van der Waals surface area contributed by atoms with Crippen LogP contribution in [-0.2, 0) is 0 Å². The molecule has 0 amide bonds. The maximum absolute atomic E-state index is 3.53. The van der Waals surface area contributed by atoms with E-state index in [-0.39, 0.29) is 0 Å². The second-order valence-corrected chi connectivity index (χ2v) is 10.1. The summed E-state index contributed by atoms with van der Waals surface area (Å²) in [6, 6.07) is 10.6. The highest BCUT2D eigenvalue weighted by Gasteiger charge is 2.20. The van der Waals surface area contributed by atoms with Gasteiger partial charge in [-0.2, -0.15) is 0 Å². The van der Waals surface area contributed by atoms with E-state index < -0.39 is 8.07 Å². The summed E-state index contributed by atoms with van der Waals surface area (Å²) in [6.45, 7) is 11.3. The first-order chi connectivity index (χ1) is 6.91. The first-order valence-corrected chi connectivity index (χ1v) is 8.91. The van der Waals surface area contributed by atoms with Crippen LogP contribution in [0.25, 0.3) is 5.20 Å². The molecule has 0 bridgehead atoms. The highest BCUT2D eigenvalue weighted by molar-refractivity contribution is 6.93. The minimum absolute atomic E-state index is 1.26. The highest BCUT2D eigenvalue weighted by Crippen LogP contribution is 2.24. The second-order valence-electron chi connectivity index (χ2n) is 5.12. The lowest BCUT2D eigenvalue weighted by atomic mass is 10.2. The first-order valence-electron chi connectivity index (χ1n) is 5.41. The topological polar surface area (TPSA) is 0 Å². The number of hydrogen-bond donors (Lipinski definition) is 0. The second kappa shape index (κ2) is 4.65. The van der Waals surface area contributed by atoms with Crippen LogP contribution in [0.15, 0.2) is 41.6 Å². The van der Waals surface area contributed by atoms with Gasteiger partial charge in [0.15, 0.2) is 0 Å². The summed E-state index contributed by atoms with van der Waals surface area (Å²) in [5, 5.41) is 1.42. The Morgan fingerprint density at radius 3 is 1.93 bits per heavy atom. The van der Waals surface area contributed by atoms with Gasteiger partial charge in [-0.25, -0.2) is 0 Å². The Morgan fingerprint density at radius 1 is 1.00 bits per heavy atom. The van der Waals surface area contributed by atoms with Crippen LogP contribution >= 0.6 is 0 Å². The molecule has 0 saturated heterocycles. The Bertz CT molecular complexity index is 383. The monoisotopic (exact) mass is 216 g/mol. The Balaban J connectivity index is 3.35. The molecule has 0 spiro atoms. The van der Waals surface area contributed by atoms with Crippen LogP contribution in [-0.4, -0.2) is 8.07 Å². The molecule has 0 atom stereocenters. The summed E-state index contributed by atoms with van der Waals surface area (Å²) in [5.74, 6) is 0. The van der Waals surface area contributed by atoms with Crippen LogP contribution < -0.4 is 0 Å². The Labute approximate surface area is 94.4 Å². The molecule has 0 unspecified atom stereocenters. The third kappa shape index (κ3) is 3.54. The maximum Gasteiger partial charge on any atom is 0.0883 e. The summed E-state index contributed by atoms with van der Waals surface area (Å²) in [7, 11) is -1.31. The number of hydrogen-bond acceptors (Lipinski definition) is 0. The van der Waals surface area contributed by atoms with Crippen molar-refractivity contribution in [2.75, 3.05) is 0 Å². The van der Waals surface area contributed by atoms with Gasteiger partial charge < -0.3 is 0 Å². The van der Waals surface area contributed by atoms with Gasteiger partial charge in [-0.1, -0.05) is 50.0 Å². The predicted octanol–water partition coefficient (Wildman–Crippen LogP) is 4.51. The van der Waals surface area contributed by atoms with E-state index in [1.807, 2.05) is 0 Å². The van der Waals surface area contributed by atoms with Gasteiger partial charge in [0.05, 0.1) is 8.07 Å². The lowest BCUT2D eigenvalue weighted by Crippen LogP contribution is -2.22. The van der Waals surface area contributed by atoms with Crippen LogP contribution in [0.4, 0.5) is 0 Å². The van der Waals surface area contributed by atoms with E-state index in [0.29, 0.717) is 0 Å². The normalized spacial score (nSPS) is 10.7. The Morgan fingerprint density at radius 2 is 1.53 bits per heavy atom. The highest BCUT2D eigenvalue weighted by atomic mass is 28.3. The standard InChI is InChI=1S/C14H20Si/c1-12(2)11-14(15(3,4)5)13-9-7-6-8-10-13/h6-10H,1-5H3. The molecule has 1 rings (SSSR count). The largest absolute Gasteiger partial charge is 0.123 e. The van der Waals surface area contributed by atoms with Crippen molar-refractivity contribution in [1.29, 1.82) is 0 Å². The zero-order valence-electron chi connectivity index (χ0n) is 10.4. The third-order valence-corrected chi connectivity index (χ3v) is 4.10. The maximum atomic E-state index is 3.53. The van der Waals surface area contributed by atoms with Gasteiger partial charge in [-0.3, -0.25) is 0 Å². The van der Waals surface area contributed by atoms with Crippen molar-refractivity contribution in [3.05, 3.63) is 47.2 Å². The molecule has 15 heavy (non-hydrogen) atoms. The molecule has 0 N–H and O–H groups in total. The molecule has 1 heteroatoms. The van der Waals surface area contributed by atoms with Gasteiger partial charge in [-0.15, -0.1) is 5.73 Å². The minimum Gasteiger partial charge on any atom is -0.123 e. The van der Waals surface area contributed by atoms with E-state index in [1.54, 1.807) is 0 Å². The molecule has 0 aromatic heterocycles. The first kappa shape index (κ1) is 12.0. The fraction of sp³-hybridized carbons (Fsp3) is 0.357. The van der Waals surface area contributed by atoms with Crippen LogP contribution in [0.3, 0.4) is 0 Å². The van der Waals surface area contributed by atoms with Crippen LogP contribution in [0.5, 0.6) is 0 Å². The molecule has 0 saturated carbocycles. The van der Waals surface area contributed by atoms with Gasteiger partial charge in [-0.05, 0) is 30.2 Å². The van der Waals surface area contributed by atoms with Crippen molar-refractivity contribution < 1.29 is 0 Å². The summed E-state index contributed by atoms with van der Waals surface area (Å²) in [6.07, 6.45) is 0. The molecule has 0 aliphatic heterocycles. The van der Waals surface area contributed by atoms with Crippen molar-refractivity contribution in [3.8, 4) is 0 Å². The summed E-state index contributed by atoms with van der Waals surface area (Å²) in [4.78, 5) is 0. The number of rotatable bonds is 2. The van der Waals surface area contributed by atoms with Crippen LogP contribution in [0.1, 0.15) is 19.4 Å². The van der Waals surface area contributed by atoms with E-state index in [2.05, 4.69) is 69.6 Å². The average molecular weight is 216 g/mol. The lowest BCUT2D eigenvalue weighted by molar-refractivity contribution is 1.41. The van der Waals surface area contributed by atoms with Gasteiger partial charge in [0.1, 0.15) is 0 Å². The van der Waals surface area contributed by atoms with Gasteiger partial charge in [0.2, 0.25) is 0 Å². The molecular formula is C14H20Si. The SMILES string of the molecule is CC(C)=C=C(c1ccccc1)[Si](C)(C)C. The predicted molar refractivity (Wildman–Crippen MR) is 71.6 cm³/mol. The number of benzene rings is 1. The minimum atomic E-state index is -1.31. The molecular weight excluding hydrogens is 196 g/mol. The quantitative estimate of drug-likeness (QED) is 0.504. The van der Waals surface area contributed by atoms with E-state index in [4.69, 9.17) is 0 Å². The van der Waals surface area contributed by atoms with E-state index in [9.17, 15) is 0 Å². The van der Waals surface area contributed by atoms with Crippen molar-refractivity contribution in [3.63, 3.8) is 0 Å². The smallest absolute Gasteiger partial charge is 0.0883 e. The van der Waals surface area contributed by atoms with Crippen molar-refractivity contribution in [2.45, 2.75) is 33.5 Å². The molecule has 0 fully saturated rings. The molecule has 0 heterocycles. The molecule has 80 valence electrons. The van der Waals surface area contributed by atoms with Gasteiger partial charge in [0, 0.05) is 0 Å². The van der Waals surface area contributed by atoms with Gasteiger partial charge >= 0.3 is 0 Å². The Hall–Kier alpha value is -1.04. The average Bonchev–Trinajstić information content (AvgIpc) is 2.14. The summed E-state index contributed by atoms with van der Waals surface area (Å²) < 4.78 is 0. The van der Waals surface area contributed by atoms with Crippen molar-refractivity contribution >= 4 is 13.3 Å². The summed E-state index contributed by atoms with van der Waals surface area (Å²) >= 11 is 0. The van der Waals surface area contributed by atoms with E-state index in [1.165, 1.54) is 16.3 Å². The van der Waals surface area contributed by atoms with Crippen LogP contribution in [0.2, 0.25) is 19.6 Å². The zero-order valence-corrected chi connectivity index (χ0v) is 11.4. The molecule has 1 aromatic carbocycles. The fourth-order valence-corrected chi connectivity index (χ4v) is 3.21. The molecule has 0 nitrogen and oxygen atoms in total. The molecule has 0 aliphatic carbocycles. The third-order valence-electron chi connectivity index (χ3n) is 2.19.